The Morgan fingerprint density at radius 1 is 1.25 bits per heavy atom. The van der Waals surface area contributed by atoms with E-state index in [-0.39, 0.29) is 12.1 Å². The van der Waals surface area contributed by atoms with Crippen LogP contribution in [0, 0.1) is 0 Å². The number of hydrogen-bond acceptors (Lipinski definition) is 2. The number of alkyl halides is 3. The van der Waals surface area contributed by atoms with Gasteiger partial charge in [0.1, 0.15) is 0 Å². The first-order chi connectivity index (χ1) is 9.52. The number of hydrogen-bond donors (Lipinski definition) is 1. The van der Waals surface area contributed by atoms with Crippen LogP contribution in [-0.4, -0.2) is 19.3 Å². The Bertz CT molecular complexity index is 410. The third-order valence-corrected chi connectivity index (χ3v) is 3.61. The van der Waals surface area contributed by atoms with E-state index in [1.165, 1.54) is 0 Å². The van der Waals surface area contributed by atoms with E-state index in [0.717, 1.165) is 50.1 Å². The zero-order valence-electron chi connectivity index (χ0n) is 11.5. The lowest BCUT2D eigenvalue weighted by Crippen LogP contribution is -2.36. The Morgan fingerprint density at radius 2 is 1.95 bits per heavy atom. The Hall–Kier alpha value is -1.07. The molecule has 5 heteroatoms. The standard InChI is InChI=1S/C15H20F3NO/c1-2-19-14(13-5-3-4-10-20-13)11-6-8-12(9-7-11)15(16,17)18/h6-9,13-14,19H,2-5,10H2,1H3. The molecule has 0 aliphatic carbocycles. The van der Waals surface area contributed by atoms with Gasteiger partial charge in [-0.2, -0.15) is 13.2 Å². The molecule has 1 aliphatic rings. The average molecular weight is 287 g/mol. The maximum atomic E-state index is 12.6. The maximum Gasteiger partial charge on any atom is 0.416 e. The number of nitrogens with one attached hydrogen (secondary N) is 1. The third-order valence-electron chi connectivity index (χ3n) is 3.61. The highest BCUT2D eigenvalue weighted by atomic mass is 19.4. The van der Waals surface area contributed by atoms with Crippen molar-refractivity contribution >= 4 is 0 Å². The second kappa shape index (κ2) is 6.59. The monoisotopic (exact) mass is 287 g/mol. The molecule has 1 aromatic rings. The van der Waals surface area contributed by atoms with Gasteiger partial charge in [0.2, 0.25) is 0 Å². The smallest absolute Gasteiger partial charge is 0.376 e. The lowest BCUT2D eigenvalue weighted by atomic mass is 9.95. The first kappa shape index (κ1) is 15.3. The van der Waals surface area contributed by atoms with Gasteiger partial charge in [-0.25, -0.2) is 0 Å². The molecule has 0 aromatic heterocycles. The van der Waals surface area contributed by atoms with Crippen LogP contribution >= 0.6 is 0 Å². The van der Waals surface area contributed by atoms with Crippen LogP contribution in [0.5, 0.6) is 0 Å². The Labute approximate surface area is 117 Å². The van der Waals surface area contributed by atoms with Crippen LogP contribution in [0.3, 0.4) is 0 Å². The van der Waals surface area contributed by atoms with Crippen molar-refractivity contribution in [3.8, 4) is 0 Å². The zero-order chi connectivity index (χ0) is 14.6. The molecule has 0 spiro atoms. The normalized spacial score (nSPS) is 21.7. The summed E-state index contributed by atoms with van der Waals surface area (Å²) in [4.78, 5) is 0. The van der Waals surface area contributed by atoms with Crippen molar-refractivity contribution in [1.29, 1.82) is 0 Å². The SMILES string of the molecule is CCNC(c1ccc(C(F)(F)F)cc1)C1CCCCO1. The molecule has 2 rings (SSSR count). The molecule has 1 fully saturated rings. The van der Waals surface area contributed by atoms with Crippen LogP contribution < -0.4 is 5.32 Å². The summed E-state index contributed by atoms with van der Waals surface area (Å²) < 4.78 is 43.5. The van der Waals surface area contributed by atoms with Gasteiger partial charge in [-0.15, -0.1) is 0 Å². The molecular weight excluding hydrogens is 267 g/mol. The summed E-state index contributed by atoms with van der Waals surface area (Å²) in [6.07, 6.45) is -1.14. The maximum absolute atomic E-state index is 12.6. The summed E-state index contributed by atoms with van der Waals surface area (Å²) in [6, 6.07) is 5.34. The van der Waals surface area contributed by atoms with Crippen LogP contribution in [0.25, 0.3) is 0 Å². The fourth-order valence-corrected chi connectivity index (χ4v) is 2.59. The van der Waals surface area contributed by atoms with E-state index in [1.807, 2.05) is 6.92 Å². The molecule has 2 unspecified atom stereocenters. The molecule has 0 amide bonds. The molecule has 1 aromatic carbocycles. The van der Waals surface area contributed by atoms with Crippen molar-refractivity contribution < 1.29 is 17.9 Å². The second-order valence-corrected chi connectivity index (χ2v) is 5.06. The predicted molar refractivity (Wildman–Crippen MR) is 71.5 cm³/mol. The van der Waals surface area contributed by atoms with Gasteiger partial charge in [-0.05, 0) is 43.5 Å². The highest BCUT2D eigenvalue weighted by Crippen LogP contribution is 2.31. The molecule has 0 bridgehead atoms. The third kappa shape index (κ3) is 3.73. The van der Waals surface area contributed by atoms with E-state index in [0.29, 0.717) is 0 Å². The lowest BCUT2D eigenvalue weighted by molar-refractivity contribution is -0.137. The summed E-state index contributed by atoms with van der Waals surface area (Å²) in [5.74, 6) is 0. The lowest BCUT2D eigenvalue weighted by Gasteiger charge is -2.31. The average Bonchev–Trinajstić information content (AvgIpc) is 2.45. The molecule has 2 nitrogen and oxygen atoms in total. The van der Waals surface area contributed by atoms with Gasteiger partial charge in [0.15, 0.2) is 0 Å². The summed E-state index contributed by atoms with van der Waals surface area (Å²) in [5.41, 5.74) is 0.243. The fraction of sp³-hybridized carbons (Fsp3) is 0.600. The molecule has 2 atom stereocenters. The number of rotatable bonds is 4. The van der Waals surface area contributed by atoms with E-state index in [1.54, 1.807) is 12.1 Å². The second-order valence-electron chi connectivity index (χ2n) is 5.06. The summed E-state index contributed by atoms with van der Waals surface area (Å²) in [6.45, 7) is 3.47. The number of likely N-dealkylation sites (N-methyl/N-ethyl adjacent to an activating group) is 1. The van der Waals surface area contributed by atoms with E-state index in [4.69, 9.17) is 4.74 Å². The van der Waals surface area contributed by atoms with Gasteiger partial charge in [0.25, 0.3) is 0 Å². The van der Waals surface area contributed by atoms with Gasteiger partial charge in [-0.3, -0.25) is 0 Å². The quantitative estimate of drug-likeness (QED) is 0.906. The number of ether oxygens (including phenoxy) is 1. The van der Waals surface area contributed by atoms with E-state index in [9.17, 15) is 13.2 Å². The van der Waals surface area contributed by atoms with Gasteiger partial charge in [0, 0.05) is 6.61 Å². The Kier molecular flexibility index (Phi) is 5.05. The molecule has 1 heterocycles. The van der Waals surface area contributed by atoms with Crippen LogP contribution in [0.2, 0.25) is 0 Å². The van der Waals surface area contributed by atoms with Crippen molar-refractivity contribution in [1.82, 2.24) is 5.32 Å². The molecule has 1 N–H and O–H groups in total. The van der Waals surface area contributed by atoms with Gasteiger partial charge in [-0.1, -0.05) is 19.1 Å². The topological polar surface area (TPSA) is 21.3 Å². The highest BCUT2D eigenvalue weighted by Gasteiger charge is 2.31. The largest absolute Gasteiger partial charge is 0.416 e. The van der Waals surface area contributed by atoms with E-state index >= 15 is 0 Å². The zero-order valence-corrected chi connectivity index (χ0v) is 11.5. The molecule has 1 aliphatic heterocycles. The molecule has 1 saturated heterocycles. The molecule has 112 valence electrons. The molecular formula is C15H20F3NO. The van der Waals surface area contributed by atoms with Crippen molar-refractivity contribution in [2.75, 3.05) is 13.2 Å². The Balaban J connectivity index is 2.16. The number of halogens is 3. The minimum Gasteiger partial charge on any atom is -0.376 e. The molecule has 0 saturated carbocycles. The van der Waals surface area contributed by atoms with Crippen LogP contribution in [0.4, 0.5) is 13.2 Å². The van der Waals surface area contributed by atoms with Crippen molar-refractivity contribution in [3.05, 3.63) is 35.4 Å². The van der Waals surface area contributed by atoms with E-state index in [2.05, 4.69) is 5.32 Å². The number of benzene rings is 1. The van der Waals surface area contributed by atoms with Gasteiger partial charge >= 0.3 is 6.18 Å². The fourth-order valence-electron chi connectivity index (χ4n) is 2.59. The first-order valence-corrected chi connectivity index (χ1v) is 7.04. The first-order valence-electron chi connectivity index (χ1n) is 7.04. The summed E-state index contributed by atoms with van der Waals surface area (Å²) in [5, 5.41) is 3.32. The van der Waals surface area contributed by atoms with Gasteiger partial charge in [0.05, 0.1) is 17.7 Å². The predicted octanol–water partition coefficient (Wildman–Crippen LogP) is 3.93. The summed E-state index contributed by atoms with van der Waals surface area (Å²) in [7, 11) is 0. The van der Waals surface area contributed by atoms with Crippen molar-refractivity contribution in [3.63, 3.8) is 0 Å². The minimum absolute atomic E-state index is 0.0393. The van der Waals surface area contributed by atoms with Crippen molar-refractivity contribution in [2.45, 2.75) is 44.5 Å². The summed E-state index contributed by atoms with van der Waals surface area (Å²) >= 11 is 0. The van der Waals surface area contributed by atoms with Gasteiger partial charge < -0.3 is 10.1 Å². The molecule has 20 heavy (non-hydrogen) atoms. The van der Waals surface area contributed by atoms with Crippen LogP contribution in [0.1, 0.15) is 43.4 Å². The van der Waals surface area contributed by atoms with Crippen LogP contribution in [0.15, 0.2) is 24.3 Å². The Morgan fingerprint density at radius 3 is 2.45 bits per heavy atom. The van der Waals surface area contributed by atoms with Crippen LogP contribution in [-0.2, 0) is 10.9 Å². The highest BCUT2D eigenvalue weighted by molar-refractivity contribution is 5.27. The van der Waals surface area contributed by atoms with E-state index < -0.39 is 11.7 Å². The minimum atomic E-state index is -4.28. The molecule has 0 radical (unpaired) electrons. The van der Waals surface area contributed by atoms with Crippen molar-refractivity contribution in [2.24, 2.45) is 0 Å².